The van der Waals surface area contributed by atoms with Gasteiger partial charge in [0.2, 0.25) is 51.9 Å². The second-order valence-electron chi connectivity index (χ2n) is 24.7. The molecule has 0 saturated heterocycles. The maximum absolute atomic E-state index is 13.6. The molecule has 0 spiro atoms. The molecule has 2 heterocycles. The molecule has 2 aromatic heterocycles. The predicted octanol–water partition coefficient (Wildman–Crippen LogP) is 11.1. The minimum absolute atomic E-state index is 0.0195. The Morgan fingerprint density at radius 2 is 0.830 bits per heavy atom. The van der Waals surface area contributed by atoms with Crippen LogP contribution in [0.2, 0.25) is 0 Å². The number of thiazole rings is 2. The summed E-state index contributed by atoms with van der Waals surface area (Å²) in [4.78, 5) is 33.1. The quantitative estimate of drug-likeness (QED) is 0.0233. The number of nitriles is 1. The highest BCUT2D eigenvalue weighted by molar-refractivity contribution is 8.04. The fourth-order valence-electron chi connectivity index (χ4n) is 7.81. The molecule has 0 radical (unpaired) electrons. The second-order valence-corrected chi connectivity index (χ2v) is 35.2. The van der Waals surface area contributed by atoms with Crippen molar-refractivity contribution in [3.8, 4) is 47.4 Å². The standard InChI is InChI=1S/C29H40N6O5S4.C25H33N5O5S3.C4H7NS/c1-17(2)31-27(41)33-20-11-13-22(25(15-20)44(39,40)35-29(7,8)9)26-30-16-23(42-26)21-12-10-19(32-18(3)36)14-24(21)43(37,38)34-28(4,5)6;1-15(31)28-17-9-11-18(22(13-17)38(34,35)30-25(5,6)7)20-14-27-23(36-20)19-10-8-16(26)12-21(19)37(32,33)29-24(2,3)4;1-4(2)6-3-5/h10-17,34-35H,1-9H3,(H,32,36)(H2,31,33,41);8-14,29-30H,26H2,1-7H3,(H,28,31);4H,1-2H3. The van der Waals surface area contributed by atoms with Crippen LogP contribution in [-0.2, 0) is 49.7 Å². The molecule has 6 rings (SSSR count). The number of nitrogens with zero attached hydrogens (tertiary/aromatic N) is 3. The van der Waals surface area contributed by atoms with E-state index >= 15 is 0 Å². The van der Waals surface area contributed by atoms with Gasteiger partial charge >= 0.3 is 0 Å². The highest BCUT2D eigenvalue weighted by atomic mass is 32.2. The molecule has 0 aliphatic heterocycles. The van der Waals surface area contributed by atoms with Crippen molar-refractivity contribution in [1.82, 2.24) is 34.2 Å². The third-order valence-electron chi connectivity index (χ3n) is 10.5. The summed E-state index contributed by atoms with van der Waals surface area (Å²) >= 11 is 8.92. The maximum Gasteiger partial charge on any atom is 0.241 e. The molecular formula is C58H80N12O10S8. The number of hydrogen-bond donors (Lipinski definition) is 9. The van der Waals surface area contributed by atoms with Gasteiger partial charge in [-0.25, -0.2) is 62.5 Å². The van der Waals surface area contributed by atoms with Crippen LogP contribution in [0.3, 0.4) is 0 Å². The molecule has 88 heavy (non-hydrogen) atoms. The van der Waals surface area contributed by atoms with Crippen LogP contribution in [-0.4, -0.2) is 94.0 Å². The van der Waals surface area contributed by atoms with Crippen molar-refractivity contribution >= 4 is 126 Å². The van der Waals surface area contributed by atoms with Gasteiger partial charge in [-0.3, -0.25) is 9.59 Å². The van der Waals surface area contributed by atoms with Crippen LogP contribution < -0.4 is 45.9 Å². The number of rotatable bonds is 17. The van der Waals surface area contributed by atoms with Crippen molar-refractivity contribution in [1.29, 1.82) is 5.26 Å². The first-order valence-corrected chi connectivity index (χ1v) is 36.0. The van der Waals surface area contributed by atoms with E-state index in [4.69, 9.17) is 23.2 Å². The highest BCUT2D eigenvalue weighted by Gasteiger charge is 2.32. The molecule has 0 aliphatic carbocycles. The van der Waals surface area contributed by atoms with Crippen molar-refractivity contribution in [2.45, 2.75) is 178 Å². The molecule has 0 atom stereocenters. The van der Waals surface area contributed by atoms with Crippen LogP contribution in [0.15, 0.2) is 105 Å². The van der Waals surface area contributed by atoms with E-state index in [1.807, 2.05) is 33.1 Å². The fraction of sp³-hybridized carbons (Fsp3) is 0.414. The van der Waals surface area contributed by atoms with Crippen LogP contribution in [0.1, 0.15) is 125 Å². The van der Waals surface area contributed by atoms with Crippen molar-refractivity contribution in [2.24, 2.45) is 0 Å². The lowest BCUT2D eigenvalue weighted by Crippen LogP contribution is -2.40. The molecule has 2 amide bonds. The van der Waals surface area contributed by atoms with E-state index < -0.39 is 62.2 Å². The number of thioether (sulfide) groups is 1. The number of benzene rings is 4. The average Bonchev–Trinajstić information content (AvgIpc) is 1.83. The molecule has 0 saturated carbocycles. The number of nitrogens with one attached hydrogen (secondary N) is 8. The lowest BCUT2D eigenvalue weighted by molar-refractivity contribution is -0.115. The Bertz CT molecular complexity index is 4040. The van der Waals surface area contributed by atoms with Gasteiger partial charge in [-0.05, 0) is 182 Å². The largest absolute Gasteiger partial charge is 0.399 e. The molecule has 4 aromatic carbocycles. The lowest BCUT2D eigenvalue weighted by Gasteiger charge is -2.22. The summed E-state index contributed by atoms with van der Waals surface area (Å²) in [5.41, 5.74) is 5.63. The Morgan fingerprint density at radius 1 is 0.523 bits per heavy atom. The van der Waals surface area contributed by atoms with Crippen LogP contribution in [0.25, 0.3) is 42.0 Å². The normalized spacial score (nSPS) is 12.5. The summed E-state index contributed by atoms with van der Waals surface area (Å²) in [6.45, 7) is 31.3. The zero-order valence-corrected chi connectivity index (χ0v) is 59.0. The number of nitrogens with two attached hydrogens (primary N) is 1. The van der Waals surface area contributed by atoms with Crippen molar-refractivity contribution in [3.05, 3.63) is 85.2 Å². The van der Waals surface area contributed by atoms with Crippen molar-refractivity contribution < 1.29 is 43.3 Å². The number of thiocyanates is 1. The monoisotopic (exact) mass is 1360 g/mol. The summed E-state index contributed by atoms with van der Waals surface area (Å²) < 4.78 is 118. The van der Waals surface area contributed by atoms with Gasteiger partial charge in [0.1, 0.15) is 15.4 Å². The van der Waals surface area contributed by atoms with Crippen LogP contribution in [0.4, 0.5) is 22.7 Å². The highest BCUT2D eigenvalue weighted by Crippen LogP contribution is 2.42. The average molecular weight is 1360 g/mol. The third-order valence-corrected chi connectivity index (χ3v) is 20.6. The number of thiocarbonyl (C=S) groups is 1. The summed E-state index contributed by atoms with van der Waals surface area (Å²) in [6.07, 6.45) is 3.00. The molecule has 0 aliphatic rings. The smallest absolute Gasteiger partial charge is 0.241 e. The number of carbonyl (C=O) groups excluding carboxylic acids is 2. The van der Waals surface area contributed by atoms with Gasteiger partial charge in [0.15, 0.2) is 5.11 Å². The Balaban J connectivity index is 0.000000347. The number of sulfonamides is 4. The summed E-state index contributed by atoms with van der Waals surface area (Å²) in [7, 11) is -16.0. The molecule has 22 nitrogen and oxygen atoms in total. The maximum atomic E-state index is 13.6. The zero-order valence-electron chi connectivity index (χ0n) is 52.5. The Morgan fingerprint density at radius 3 is 1.12 bits per heavy atom. The molecule has 0 unspecified atom stereocenters. The number of amides is 2. The minimum atomic E-state index is -4.04. The van der Waals surface area contributed by atoms with E-state index in [1.54, 1.807) is 132 Å². The van der Waals surface area contributed by atoms with Crippen molar-refractivity contribution in [2.75, 3.05) is 21.7 Å². The first-order chi connectivity index (χ1) is 40.1. The molecule has 30 heteroatoms. The Labute approximate surface area is 537 Å². The molecular weight excluding hydrogens is 1280 g/mol. The number of hydrogen-bond acceptors (Lipinski definition) is 18. The summed E-state index contributed by atoms with van der Waals surface area (Å²) in [5.74, 6) is -0.688. The van der Waals surface area contributed by atoms with Crippen LogP contribution in [0.5, 0.6) is 0 Å². The molecule has 0 fully saturated rings. The van der Waals surface area contributed by atoms with E-state index in [1.165, 1.54) is 62.3 Å². The fourth-order valence-corrected chi connectivity index (χ4v) is 17.3. The van der Waals surface area contributed by atoms with Gasteiger partial charge < -0.3 is 27.0 Å². The van der Waals surface area contributed by atoms with E-state index in [0.29, 0.717) is 69.4 Å². The summed E-state index contributed by atoms with van der Waals surface area (Å²) in [5, 5.41) is 22.8. The summed E-state index contributed by atoms with van der Waals surface area (Å²) in [6, 6.07) is 18.6. The van der Waals surface area contributed by atoms with E-state index in [-0.39, 0.29) is 43.1 Å². The lowest BCUT2D eigenvalue weighted by atomic mass is 10.1. The molecule has 6 aromatic rings. The SMILES string of the molecule is CC(=O)Nc1ccc(-c2cnc(-c3ccc(N)cc3S(=O)(=O)NC(C)(C)C)s2)c(S(=O)(=O)NC(C)(C)C)c1.CC(=O)Nc1ccc(-c2cnc(-c3ccc(NC(=S)NC(C)C)cc3S(=O)(=O)NC(C)(C)C)s2)c(S(=O)(=O)NC(C)(C)C)c1.CC(C)SC#N. The Kier molecular flexibility index (Phi) is 24.8. The van der Waals surface area contributed by atoms with E-state index in [9.17, 15) is 43.3 Å². The van der Waals surface area contributed by atoms with Gasteiger partial charge in [-0.2, -0.15) is 5.26 Å². The van der Waals surface area contributed by atoms with Gasteiger partial charge in [0.25, 0.3) is 0 Å². The molecule has 0 bridgehead atoms. The number of aromatic nitrogens is 2. The molecule has 10 N–H and O–H groups in total. The van der Waals surface area contributed by atoms with E-state index in [2.05, 4.69) is 50.1 Å². The number of nitrogen functional groups attached to an aromatic ring is 1. The number of carbonyl (C=O) groups is 2. The topological polar surface area (TPSA) is 343 Å². The molecule has 480 valence electrons. The van der Waals surface area contributed by atoms with Crippen LogP contribution >= 0.6 is 46.7 Å². The predicted molar refractivity (Wildman–Crippen MR) is 362 cm³/mol. The first kappa shape index (κ1) is 74.5. The number of anilines is 4. The van der Waals surface area contributed by atoms with Gasteiger partial charge in [0.05, 0.1) is 29.3 Å². The van der Waals surface area contributed by atoms with Crippen molar-refractivity contribution in [3.63, 3.8) is 0 Å². The van der Waals surface area contributed by atoms with E-state index in [0.717, 1.165) is 22.7 Å². The zero-order chi connectivity index (χ0) is 66.9. The minimum Gasteiger partial charge on any atom is -0.399 e. The van der Waals surface area contributed by atoms with Crippen LogP contribution in [0, 0.1) is 10.7 Å². The first-order valence-electron chi connectivity index (χ1n) is 27.2. The second kappa shape index (κ2) is 29.3. The van der Waals surface area contributed by atoms with Gasteiger partial charge in [-0.15, -0.1) is 22.7 Å². The third kappa shape index (κ3) is 23.1. The van der Waals surface area contributed by atoms with Gasteiger partial charge in [-0.1, -0.05) is 26.0 Å². The Hall–Kier alpha value is -5.95. The van der Waals surface area contributed by atoms with Gasteiger partial charge in [0, 0.05) is 105 Å².